The molecule has 20 heavy (non-hydrogen) atoms. The molecule has 2 heterocycles. The standard InChI is InChI=1S/C17H22N2O/c1-12-6-5-7-13(2)19(12)17(20)10-14-11-18-16-9-4-3-8-15(14)16/h3-4,8-9,11-13,18H,5-7,10H2,1-2H3. The van der Waals surface area contributed by atoms with E-state index in [4.69, 9.17) is 0 Å². The largest absolute Gasteiger partial charge is 0.361 e. The van der Waals surface area contributed by atoms with E-state index in [0.717, 1.165) is 29.3 Å². The minimum absolute atomic E-state index is 0.259. The molecule has 1 saturated heterocycles. The number of benzene rings is 1. The molecule has 106 valence electrons. The molecule has 0 spiro atoms. The fraction of sp³-hybridized carbons (Fsp3) is 0.471. The summed E-state index contributed by atoms with van der Waals surface area (Å²) in [5.74, 6) is 0.259. The maximum absolute atomic E-state index is 12.6. The van der Waals surface area contributed by atoms with Gasteiger partial charge in [0.2, 0.25) is 5.91 Å². The number of H-pyrrole nitrogens is 1. The van der Waals surface area contributed by atoms with Crippen LogP contribution in [-0.4, -0.2) is 27.9 Å². The van der Waals surface area contributed by atoms with Gasteiger partial charge in [-0.2, -0.15) is 0 Å². The Balaban J connectivity index is 1.81. The van der Waals surface area contributed by atoms with Crippen molar-refractivity contribution >= 4 is 16.8 Å². The van der Waals surface area contributed by atoms with Crippen molar-refractivity contribution in [3.05, 3.63) is 36.0 Å². The Bertz CT molecular complexity index is 606. The first-order valence-electron chi connectivity index (χ1n) is 7.53. The van der Waals surface area contributed by atoms with Crippen LogP contribution >= 0.6 is 0 Å². The highest BCUT2D eigenvalue weighted by molar-refractivity contribution is 5.89. The molecule has 0 bridgehead atoms. The van der Waals surface area contributed by atoms with Crippen molar-refractivity contribution in [3.63, 3.8) is 0 Å². The molecule has 1 aromatic heterocycles. The number of piperidine rings is 1. The highest BCUT2D eigenvalue weighted by Crippen LogP contribution is 2.25. The number of amides is 1. The first kappa shape index (κ1) is 13.2. The molecule has 2 atom stereocenters. The maximum Gasteiger partial charge on any atom is 0.227 e. The van der Waals surface area contributed by atoms with Crippen molar-refractivity contribution in [2.45, 2.75) is 51.6 Å². The molecule has 1 aliphatic rings. The van der Waals surface area contributed by atoms with E-state index in [0.29, 0.717) is 18.5 Å². The Morgan fingerprint density at radius 3 is 2.70 bits per heavy atom. The van der Waals surface area contributed by atoms with Gasteiger partial charge in [0.05, 0.1) is 6.42 Å². The molecule has 3 rings (SSSR count). The van der Waals surface area contributed by atoms with Gasteiger partial charge in [0.1, 0.15) is 0 Å². The second kappa shape index (κ2) is 5.31. The monoisotopic (exact) mass is 270 g/mol. The molecular formula is C17H22N2O. The molecule has 3 heteroatoms. The minimum atomic E-state index is 0.259. The van der Waals surface area contributed by atoms with Crippen molar-refractivity contribution < 1.29 is 4.79 Å². The number of para-hydroxylation sites is 1. The fourth-order valence-corrected chi connectivity index (χ4v) is 3.44. The van der Waals surface area contributed by atoms with E-state index in [2.05, 4.69) is 35.9 Å². The number of aromatic nitrogens is 1. The fourth-order valence-electron chi connectivity index (χ4n) is 3.44. The van der Waals surface area contributed by atoms with Crippen molar-refractivity contribution in [2.75, 3.05) is 0 Å². The topological polar surface area (TPSA) is 36.1 Å². The molecule has 1 N–H and O–H groups in total. The number of carbonyl (C=O) groups is 1. The van der Waals surface area contributed by atoms with E-state index < -0.39 is 0 Å². The lowest BCUT2D eigenvalue weighted by Gasteiger charge is -2.39. The summed E-state index contributed by atoms with van der Waals surface area (Å²) in [5.41, 5.74) is 2.21. The predicted molar refractivity (Wildman–Crippen MR) is 81.6 cm³/mol. The molecule has 1 aliphatic heterocycles. The van der Waals surface area contributed by atoms with Gasteiger partial charge in [0, 0.05) is 29.2 Å². The first-order valence-corrected chi connectivity index (χ1v) is 7.53. The third-order valence-electron chi connectivity index (χ3n) is 4.50. The van der Waals surface area contributed by atoms with E-state index in [9.17, 15) is 4.79 Å². The molecule has 0 radical (unpaired) electrons. The normalized spacial score (nSPS) is 23.2. The molecular weight excluding hydrogens is 248 g/mol. The number of nitrogens with one attached hydrogen (secondary N) is 1. The summed E-state index contributed by atoms with van der Waals surface area (Å²) in [7, 11) is 0. The van der Waals surface area contributed by atoms with Crippen LogP contribution in [0.15, 0.2) is 30.5 Å². The van der Waals surface area contributed by atoms with Crippen LogP contribution < -0.4 is 0 Å². The number of aromatic amines is 1. The second-order valence-corrected chi connectivity index (χ2v) is 5.97. The summed E-state index contributed by atoms with van der Waals surface area (Å²) in [6.45, 7) is 4.34. The van der Waals surface area contributed by atoms with Gasteiger partial charge in [-0.3, -0.25) is 4.79 Å². The van der Waals surface area contributed by atoms with Gasteiger partial charge in [-0.25, -0.2) is 0 Å². The van der Waals surface area contributed by atoms with Crippen LogP contribution in [-0.2, 0) is 11.2 Å². The lowest BCUT2D eigenvalue weighted by atomic mass is 9.96. The molecule has 2 unspecified atom stereocenters. The zero-order valence-corrected chi connectivity index (χ0v) is 12.2. The Kier molecular flexibility index (Phi) is 3.51. The third-order valence-corrected chi connectivity index (χ3v) is 4.50. The minimum Gasteiger partial charge on any atom is -0.361 e. The van der Waals surface area contributed by atoms with Crippen LogP contribution in [0.5, 0.6) is 0 Å². The zero-order valence-electron chi connectivity index (χ0n) is 12.2. The van der Waals surface area contributed by atoms with E-state index in [1.54, 1.807) is 0 Å². The lowest BCUT2D eigenvalue weighted by Crippen LogP contribution is -2.48. The van der Waals surface area contributed by atoms with E-state index >= 15 is 0 Å². The van der Waals surface area contributed by atoms with Crippen molar-refractivity contribution in [1.82, 2.24) is 9.88 Å². The van der Waals surface area contributed by atoms with Gasteiger partial charge in [0.25, 0.3) is 0 Å². The van der Waals surface area contributed by atoms with Crippen molar-refractivity contribution in [1.29, 1.82) is 0 Å². The van der Waals surface area contributed by atoms with E-state index in [1.165, 1.54) is 6.42 Å². The number of hydrogen-bond donors (Lipinski definition) is 1. The quantitative estimate of drug-likeness (QED) is 0.890. The number of fused-ring (bicyclic) bond motifs is 1. The Hall–Kier alpha value is -1.77. The van der Waals surface area contributed by atoms with Gasteiger partial charge in [-0.1, -0.05) is 18.2 Å². The van der Waals surface area contributed by atoms with Crippen LogP contribution in [0.3, 0.4) is 0 Å². The van der Waals surface area contributed by atoms with Gasteiger partial charge in [0.15, 0.2) is 0 Å². The molecule has 1 fully saturated rings. The van der Waals surface area contributed by atoms with Gasteiger partial charge in [-0.15, -0.1) is 0 Å². The average Bonchev–Trinajstić information content (AvgIpc) is 2.82. The Morgan fingerprint density at radius 1 is 1.25 bits per heavy atom. The van der Waals surface area contributed by atoms with Crippen LogP contribution in [0.4, 0.5) is 0 Å². The summed E-state index contributed by atoms with van der Waals surface area (Å²) >= 11 is 0. The molecule has 1 amide bonds. The van der Waals surface area contributed by atoms with Gasteiger partial charge in [-0.05, 0) is 44.7 Å². The summed E-state index contributed by atoms with van der Waals surface area (Å²) in [5, 5.41) is 1.16. The summed E-state index contributed by atoms with van der Waals surface area (Å²) < 4.78 is 0. The first-order chi connectivity index (χ1) is 9.66. The molecule has 3 nitrogen and oxygen atoms in total. The highest BCUT2D eigenvalue weighted by Gasteiger charge is 2.28. The molecule has 0 saturated carbocycles. The van der Waals surface area contributed by atoms with Crippen molar-refractivity contribution in [2.24, 2.45) is 0 Å². The molecule has 2 aromatic rings. The number of rotatable bonds is 2. The number of hydrogen-bond acceptors (Lipinski definition) is 1. The summed E-state index contributed by atoms with van der Waals surface area (Å²) in [6, 6.07) is 8.91. The maximum atomic E-state index is 12.6. The van der Waals surface area contributed by atoms with Crippen LogP contribution in [0.1, 0.15) is 38.7 Å². The molecule has 1 aromatic carbocycles. The van der Waals surface area contributed by atoms with Crippen LogP contribution in [0, 0.1) is 0 Å². The van der Waals surface area contributed by atoms with Crippen LogP contribution in [0.2, 0.25) is 0 Å². The van der Waals surface area contributed by atoms with Crippen LogP contribution in [0.25, 0.3) is 10.9 Å². The van der Waals surface area contributed by atoms with E-state index in [1.807, 2.05) is 18.3 Å². The highest BCUT2D eigenvalue weighted by atomic mass is 16.2. The third kappa shape index (κ3) is 2.33. The molecule has 0 aliphatic carbocycles. The number of likely N-dealkylation sites (tertiary alicyclic amines) is 1. The lowest BCUT2D eigenvalue weighted by molar-refractivity contribution is -0.136. The zero-order chi connectivity index (χ0) is 14.1. The summed E-state index contributed by atoms with van der Waals surface area (Å²) in [6.07, 6.45) is 5.97. The van der Waals surface area contributed by atoms with Gasteiger partial charge >= 0.3 is 0 Å². The Morgan fingerprint density at radius 2 is 1.95 bits per heavy atom. The Labute approximate surface area is 120 Å². The van der Waals surface area contributed by atoms with Crippen molar-refractivity contribution in [3.8, 4) is 0 Å². The second-order valence-electron chi connectivity index (χ2n) is 5.97. The number of carbonyl (C=O) groups excluding carboxylic acids is 1. The predicted octanol–water partition coefficient (Wildman–Crippen LogP) is 3.50. The summed E-state index contributed by atoms with van der Waals surface area (Å²) in [4.78, 5) is 18.0. The average molecular weight is 270 g/mol. The van der Waals surface area contributed by atoms with Gasteiger partial charge < -0.3 is 9.88 Å². The number of nitrogens with zero attached hydrogens (tertiary/aromatic N) is 1. The smallest absolute Gasteiger partial charge is 0.227 e. The van der Waals surface area contributed by atoms with E-state index in [-0.39, 0.29) is 5.91 Å². The SMILES string of the molecule is CC1CCCC(C)N1C(=O)Cc1c[nH]c2ccccc12.